The lowest BCUT2D eigenvalue weighted by Crippen LogP contribution is -2.39. The molecule has 0 amide bonds. The summed E-state index contributed by atoms with van der Waals surface area (Å²) in [4.78, 5) is 0. The molecule has 0 unspecified atom stereocenters. The van der Waals surface area contributed by atoms with Gasteiger partial charge < -0.3 is 0 Å². The second-order valence-electron chi connectivity index (χ2n) is 2.77. The van der Waals surface area contributed by atoms with E-state index in [4.69, 9.17) is 27.1 Å². The highest BCUT2D eigenvalue weighted by atomic mass is 31.2. The maximum atomic E-state index is 11.3. The van der Waals surface area contributed by atoms with Crippen molar-refractivity contribution in [1.82, 2.24) is 0 Å². The Labute approximate surface area is 78.6 Å². The van der Waals surface area contributed by atoms with Crippen LogP contribution in [0.1, 0.15) is 0 Å². The first-order valence-corrected chi connectivity index (χ1v) is 6.72. The van der Waals surface area contributed by atoms with Crippen molar-refractivity contribution in [2.24, 2.45) is 0 Å². The quantitative estimate of drug-likeness (QED) is 0.582. The van der Waals surface area contributed by atoms with Gasteiger partial charge in [-0.05, 0) is 0 Å². The second kappa shape index (κ2) is 2.87. The zero-order valence-electron chi connectivity index (χ0n) is 6.73. The zero-order chi connectivity index (χ0) is 9.81. The molecule has 0 N–H and O–H groups in total. The Morgan fingerprint density at radius 3 is 1.50 bits per heavy atom. The third kappa shape index (κ3) is 1.48. The lowest BCUT2D eigenvalue weighted by molar-refractivity contribution is -0.202. The van der Waals surface area contributed by atoms with Crippen LogP contribution in [-0.4, -0.2) is 25.8 Å². The van der Waals surface area contributed by atoms with Crippen LogP contribution >= 0.6 is 15.6 Å². The number of phosphoric ester groups is 2. The van der Waals surface area contributed by atoms with Crippen LogP contribution in [0.15, 0.2) is 0 Å². The molecule has 0 radical (unpaired) electrons. The van der Waals surface area contributed by atoms with Crippen LogP contribution in [0.4, 0.5) is 0 Å². The standard InChI is InChI=1S/C4H6O8P2/c5-13-7-1-3-9-14(6,10-3)8-2-4(11-13)12-13/h3-4H,1-2H2. The van der Waals surface area contributed by atoms with Crippen molar-refractivity contribution >= 4 is 15.6 Å². The first-order chi connectivity index (χ1) is 6.57. The van der Waals surface area contributed by atoms with Crippen molar-refractivity contribution in [3.8, 4) is 0 Å². The van der Waals surface area contributed by atoms with E-state index < -0.39 is 28.2 Å². The molecule has 6 saturated heterocycles. The summed E-state index contributed by atoms with van der Waals surface area (Å²) >= 11 is 0. The molecule has 0 saturated carbocycles. The Bertz CT molecular complexity index is 299. The summed E-state index contributed by atoms with van der Waals surface area (Å²) in [5.41, 5.74) is 0. The third-order valence-corrected chi connectivity index (χ3v) is 4.63. The molecule has 6 rings (SSSR count). The van der Waals surface area contributed by atoms with E-state index in [0.717, 1.165) is 0 Å². The fourth-order valence-electron chi connectivity index (χ4n) is 1.14. The molecule has 8 nitrogen and oxygen atoms in total. The molecular weight excluding hydrogens is 238 g/mol. The molecule has 14 heavy (non-hydrogen) atoms. The summed E-state index contributed by atoms with van der Waals surface area (Å²) in [5.74, 6) is 0. The summed E-state index contributed by atoms with van der Waals surface area (Å²) in [6.07, 6.45) is -1.67. The minimum absolute atomic E-state index is 0.169. The minimum Gasteiger partial charge on any atom is -0.281 e. The predicted molar refractivity (Wildman–Crippen MR) is 39.0 cm³/mol. The Morgan fingerprint density at radius 1 is 0.786 bits per heavy atom. The van der Waals surface area contributed by atoms with Crippen molar-refractivity contribution in [2.45, 2.75) is 12.6 Å². The summed E-state index contributed by atoms with van der Waals surface area (Å²) in [5, 5.41) is 0. The van der Waals surface area contributed by atoms with Gasteiger partial charge in [-0.1, -0.05) is 0 Å². The Morgan fingerprint density at radius 2 is 1.14 bits per heavy atom. The minimum atomic E-state index is -3.43. The molecule has 6 heterocycles. The largest absolute Gasteiger partial charge is 0.479 e. The van der Waals surface area contributed by atoms with E-state index in [1.807, 2.05) is 0 Å². The number of hydrogen-bond donors (Lipinski definition) is 0. The molecule has 0 spiro atoms. The molecule has 0 aliphatic carbocycles. The lowest BCUT2D eigenvalue weighted by Gasteiger charge is -2.40. The molecular formula is C4H6O8P2. The van der Waals surface area contributed by atoms with Crippen LogP contribution in [0.5, 0.6) is 0 Å². The molecule has 80 valence electrons. The summed E-state index contributed by atoms with van der Waals surface area (Å²) in [7, 11) is -6.85. The summed E-state index contributed by atoms with van der Waals surface area (Å²) in [6, 6.07) is 0. The van der Waals surface area contributed by atoms with Crippen LogP contribution in [0, 0.1) is 0 Å². The van der Waals surface area contributed by atoms with Gasteiger partial charge in [0.05, 0.1) is 0 Å². The number of phosphoric acid groups is 2. The molecule has 4 bridgehead atoms. The van der Waals surface area contributed by atoms with Crippen molar-refractivity contribution in [3.05, 3.63) is 0 Å². The Hall–Kier alpha value is 0.220. The lowest BCUT2D eigenvalue weighted by atomic mass is 10.7. The molecule has 10 heteroatoms. The van der Waals surface area contributed by atoms with Crippen LogP contribution in [0.25, 0.3) is 0 Å². The molecule has 0 atom stereocenters. The summed E-state index contributed by atoms with van der Waals surface area (Å²) in [6.45, 7) is -0.339. The van der Waals surface area contributed by atoms with Crippen LogP contribution in [0.2, 0.25) is 0 Å². The van der Waals surface area contributed by atoms with Crippen molar-refractivity contribution in [1.29, 1.82) is 0 Å². The van der Waals surface area contributed by atoms with E-state index in [0.29, 0.717) is 0 Å². The van der Waals surface area contributed by atoms with Gasteiger partial charge in [0.1, 0.15) is 13.2 Å². The van der Waals surface area contributed by atoms with Gasteiger partial charge in [0.2, 0.25) is 12.6 Å². The number of rotatable bonds is 0. The van der Waals surface area contributed by atoms with E-state index in [1.54, 1.807) is 0 Å². The van der Waals surface area contributed by atoms with Crippen molar-refractivity contribution in [3.63, 3.8) is 0 Å². The van der Waals surface area contributed by atoms with Gasteiger partial charge in [-0.25, -0.2) is 9.13 Å². The van der Waals surface area contributed by atoms with Gasteiger partial charge in [-0.15, -0.1) is 0 Å². The third-order valence-electron chi connectivity index (χ3n) is 1.72. The topological polar surface area (TPSA) is 89.5 Å². The predicted octanol–water partition coefficient (Wildman–Crippen LogP) is 0.995. The maximum absolute atomic E-state index is 11.3. The highest BCUT2D eigenvalue weighted by Gasteiger charge is 2.53. The SMILES string of the molecule is O=P12OCC3OP(=O)(OCC(O1)O2)O3. The van der Waals surface area contributed by atoms with Gasteiger partial charge >= 0.3 is 15.6 Å². The van der Waals surface area contributed by atoms with Gasteiger partial charge in [0.15, 0.2) is 0 Å². The Balaban J connectivity index is 1.74. The van der Waals surface area contributed by atoms with Crippen molar-refractivity contribution < 1.29 is 36.3 Å². The van der Waals surface area contributed by atoms with E-state index >= 15 is 0 Å². The van der Waals surface area contributed by atoms with Gasteiger partial charge in [-0.3, -0.25) is 27.1 Å². The van der Waals surface area contributed by atoms with Gasteiger partial charge in [0.25, 0.3) is 0 Å². The average Bonchev–Trinajstić information content (AvgIpc) is 2.04. The monoisotopic (exact) mass is 244 g/mol. The van der Waals surface area contributed by atoms with E-state index in [2.05, 4.69) is 0 Å². The number of hydrogen-bond acceptors (Lipinski definition) is 8. The van der Waals surface area contributed by atoms with Crippen LogP contribution < -0.4 is 0 Å². The maximum Gasteiger partial charge on any atom is 0.479 e. The highest BCUT2D eigenvalue weighted by molar-refractivity contribution is 7.50. The smallest absolute Gasteiger partial charge is 0.281 e. The average molecular weight is 244 g/mol. The second-order valence-corrected chi connectivity index (χ2v) is 5.92. The normalized spacial score (nSPS) is 56.9. The molecule has 0 aromatic heterocycles. The molecule has 6 aliphatic heterocycles. The molecule has 6 aliphatic rings. The first-order valence-electron chi connectivity index (χ1n) is 3.80. The van der Waals surface area contributed by atoms with Crippen LogP contribution in [-0.2, 0) is 36.3 Å². The van der Waals surface area contributed by atoms with Gasteiger partial charge in [-0.2, -0.15) is 0 Å². The van der Waals surface area contributed by atoms with Crippen molar-refractivity contribution in [2.75, 3.05) is 13.2 Å². The van der Waals surface area contributed by atoms with E-state index in [-0.39, 0.29) is 13.2 Å². The van der Waals surface area contributed by atoms with E-state index in [9.17, 15) is 9.13 Å². The zero-order valence-corrected chi connectivity index (χ0v) is 8.52. The van der Waals surface area contributed by atoms with E-state index in [1.165, 1.54) is 0 Å². The fraction of sp³-hybridized carbons (Fsp3) is 1.00. The molecule has 0 aromatic rings. The van der Waals surface area contributed by atoms with Gasteiger partial charge in [0, 0.05) is 0 Å². The molecule has 6 fully saturated rings. The fourth-order valence-corrected chi connectivity index (χ4v) is 3.42. The summed E-state index contributed by atoms with van der Waals surface area (Å²) < 4.78 is 51.1. The first kappa shape index (κ1) is 9.45. The molecule has 0 aromatic carbocycles. The Kier molecular flexibility index (Phi) is 1.94. The van der Waals surface area contributed by atoms with Crippen LogP contribution in [0.3, 0.4) is 0 Å². The highest BCUT2D eigenvalue weighted by Crippen LogP contribution is 2.66.